The van der Waals surface area contributed by atoms with Gasteiger partial charge < -0.3 is 14.9 Å². The van der Waals surface area contributed by atoms with Gasteiger partial charge in [-0.1, -0.05) is 23.8 Å². The Morgan fingerprint density at radius 3 is 2.48 bits per heavy atom. The molecule has 5 nitrogen and oxygen atoms in total. The van der Waals surface area contributed by atoms with Crippen molar-refractivity contribution in [2.75, 3.05) is 31.1 Å². The van der Waals surface area contributed by atoms with Gasteiger partial charge in [0.05, 0.1) is 22.5 Å². The van der Waals surface area contributed by atoms with Gasteiger partial charge >= 0.3 is 0 Å². The van der Waals surface area contributed by atoms with E-state index in [0.29, 0.717) is 31.7 Å². The number of pyridine rings is 1. The smallest absolute Gasteiger partial charge is 0.255 e. The number of nitrogens with zero attached hydrogens (tertiary/aromatic N) is 3. The van der Waals surface area contributed by atoms with Gasteiger partial charge in [-0.2, -0.15) is 0 Å². The molecule has 1 N–H and O–H groups in total. The molecule has 5 heteroatoms. The zero-order chi connectivity index (χ0) is 19.0. The van der Waals surface area contributed by atoms with Crippen LogP contribution in [0.25, 0.3) is 10.9 Å². The van der Waals surface area contributed by atoms with Crippen molar-refractivity contribution in [2.45, 2.75) is 13.8 Å². The lowest BCUT2D eigenvalue weighted by Crippen LogP contribution is -2.49. The molecule has 2 heterocycles. The van der Waals surface area contributed by atoms with Crippen LogP contribution in [0.2, 0.25) is 0 Å². The molecule has 0 spiro atoms. The molecule has 0 saturated carbocycles. The number of carbonyl (C=O) groups excluding carboxylic acids is 1. The molecule has 2 aromatic carbocycles. The summed E-state index contributed by atoms with van der Waals surface area (Å²) in [5, 5.41) is 11.0. The second-order valence-corrected chi connectivity index (χ2v) is 7.09. The van der Waals surface area contributed by atoms with Crippen LogP contribution in [0.1, 0.15) is 21.6 Å². The molecule has 0 unspecified atom stereocenters. The monoisotopic (exact) mass is 361 g/mol. The van der Waals surface area contributed by atoms with Crippen LogP contribution in [0, 0.1) is 13.8 Å². The van der Waals surface area contributed by atoms with Crippen molar-refractivity contribution in [1.82, 2.24) is 9.88 Å². The van der Waals surface area contributed by atoms with Crippen molar-refractivity contribution in [3.8, 4) is 5.75 Å². The number of aromatic hydroxyl groups is 1. The molecular formula is C22H23N3O2. The molecule has 1 fully saturated rings. The lowest BCUT2D eigenvalue weighted by atomic mass is 10.1. The first-order valence-corrected chi connectivity index (χ1v) is 9.23. The molecule has 0 aliphatic carbocycles. The number of aromatic nitrogens is 1. The van der Waals surface area contributed by atoms with Gasteiger partial charge in [0.1, 0.15) is 5.75 Å². The maximum atomic E-state index is 13.1. The average molecular weight is 361 g/mol. The van der Waals surface area contributed by atoms with Gasteiger partial charge in [-0.3, -0.25) is 9.78 Å². The average Bonchev–Trinajstić information content (AvgIpc) is 2.68. The van der Waals surface area contributed by atoms with E-state index in [0.717, 1.165) is 27.8 Å². The van der Waals surface area contributed by atoms with Crippen LogP contribution in [-0.2, 0) is 0 Å². The number of para-hydroxylation sites is 2. The SMILES string of the molecule is Cc1ccc2nc(C)c(C(=O)N3CCN(c4ccccc4O)CC3)cc2c1. The predicted molar refractivity (Wildman–Crippen MR) is 107 cm³/mol. The Morgan fingerprint density at radius 2 is 1.74 bits per heavy atom. The fourth-order valence-electron chi connectivity index (χ4n) is 3.66. The van der Waals surface area contributed by atoms with Gasteiger partial charge in [0.25, 0.3) is 5.91 Å². The minimum Gasteiger partial charge on any atom is -0.506 e. The van der Waals surface area contributed by atoms with Gasteiger partial charge in [0.2, 0.25) is 0 Å². The van der Waals surface area contributed by atoms with E-state index in [2.05, 4.69) is 16.0 Å². The highest BCUT2D eigenvalue weighted by molar-refractivity contribution is 5.98. The summed E-state index contributed by atoms with van der Waals surface area (Å²) in [6.07, 6.45) is 0. The maximum absolute atomic E-state index is 13.1. The molecular weight excluding hydrogens is 338 g/mol. The summed E-state index contributed by atoms with van der Waals surface area (Å²) in [4.78, 5) is 21.7. The number of phenols is 1. The summed E-state index contributed by atoms with van der Waals surface area (Å²) >= 11 is 0. The second kappa shape index (κ2) is 6.91. The van der Waals surface area contributed by atoms with Crippen molar-refractivity contribution in [3.63, 3.8) is 0 Å². The minimum atomic E-state index is 0.0281. The number of amides is 1. The standard InChI is InChI=1S/C22H23N3O2/c1-15-7-8-19-17(13-15)14-18(16(2)23-19)22(27)25-11-9-24(10-12-25)20-5-3-4-6-21(20)26/h3-8,13-14,26H,9-12H2,1-2H3. The van der Waals surface area contributed by atoms with Crippen LogP contribution >= 0.6 is 0 Å². The van der Waals surface area contributed by atoms with E-state index in [4.69, 9.17) is 0 Å². The molecule has 0 bridgehead atoms. The molecule has 1 amide bonds. The molecule has 0 atom stereocenters. The molecule has 27 heavy (non-hydrogen) atoms. The summed E-state index contributed by atoms with van der Waals surface area (Å²) in [6, 6.07) is 15.4. The zero-order valence-electron chi connectivity index (χ0n) is 15.6. The molecule has 1 aliphatic heterocycles. The number of benzene rings is 2. The number of rotatable bonds is 2. The van der Waals surface area contributed by atoms with Crippen LogP contribution in [-0.4, -0.2) is 47.1 Å². The first kappa shape index (κ1) is 17.3. The van der Waals surface area contributed by atoms with E-state index >= 15 is 0 Å². The third kappa shape index (κ3) is 3.33. The Balaban J connectivity index is 1.53. The van der Waals surface area contributed by atoms with Gasteiger partial charge in [0.15, 0.2) is 0 Å². The Bertz CT molecular complexity index is 1010. The fraction of sp³-hybridized carbons (Fsp3) is 0.273. The molecule has 1 saturated heterocycles. The van der Waals surface area contributed by atoms with Crippen molar-refractivity contribution < 1.29 is 9.90 Å². The number of phenolic OH excluding ortho intramolecular Hbond substituents is 1. The zero-order valence-corrected chi connectivity index (χ0v) is 15.6. The third-order valence-electron chi connectivity index (χ3n) is 5.18. The maximum Gasteiger partial charge on any atom is 0.255 e. The summed E-state index contributed by atoms with van der Waals surface area (Å²) < 4.78 is 0. The Labute approximate surface area is 158 Å². The number of fused-ring (bicyclic) bond motifs is 1. The second-order valence-electron chi connectivity index (χ2n) is 7.09. The number of aryl methyl sites for hydroxylation is 2. The van der Waals surface area contributed by atoms with Crippen molar-refractivity contribution in [3.05, 3.63) is 65.4 Å². The lowest BCUT2D eigenvalue weighted by Gasteiger charge is -2.36. The van der Waals surface area contributed by atoms with E-state index < -0.39 is 0 Å². The number of piperazine rings is 1. The normalized spacial score (nSPS) is 14.6. The highest BCUT2D eigenvalue weighted by Crippen LogP contribution is 2.27. The Hall–Kier alpha value is -3.08. The molecule has 4 rings (SSSR count). The molecule has 138 valence electrons. The summed E-state index contributed by atoms with van der Waals surface area (Å²) in [5.74, 6) is 0.308. The van der Waals surface area contributed by atoms with Gasteiger partial charge in [-0.15, -0.1) is 0 Å². The van der Waals surface area contributed by atoms with Crippen molar-refractivity contribution in [2.24, 2.45) is 0 Å². The van der Waals surface area contributed by atoms with E-state index in [1.807, 2.05) is 55.1 Å². The first-order valence-electron chi connectivity index (χ1n) is 9.23. The van der Waals surface area contributed by atoms with Crippen molar-refractivity contribution in [1.29, 1.82) is 0 Å². The summed E-state index contributed by atoms with van der Waals surface area (Å²) in [7, 11) is 0. The molecule has 0 radical (unpaired) electrons. The topological polar surface area (TPSA) is 56.7 Å². The molecule has 3 aromatic rings. The third-order valence-corrected chi connectivity index (χ3v) is 5.18. The molecule has 1 aliphatic rings. The van der Waals surface area contributed by atoms with Crippen LogP contribution in [0.5, 0.6) is 5.75 Å². The lowest BCUT2D eigenvalue weighted by molar-refractivity contribution is 0.0745. The first-order chi connectivity index (χ1) is 13.0. The number of hydrogen-bond donors (Lipinski definition) is 1. The summed E-state index contributed by atoms with van der Waals surface area (Å²) in [6.45, 7) is 6.58. The number of hydrogen-bond acceptors (Lipinski definition) is 4. The number of carbonyl (C=O) groups is 1. The minimum absolute atomic E-state index is 0.0281. The highest BCUT2D eigenvalue weighted by Gasteiger charge is 2.25. The van der Waals surface area contributed by atoms with Gasteiger partial charge in [-0.25, -0.2) is 0 Å². The van der Waals surface area contributed by atoms with Crippen LogP contribution in [0.15, 0.2) is 48.5 Å². The van der Waals surface area contributed by atoms with Crippen LogP contribution in [0.4, 0.5) is 5.69 Å². The quantitative estimate of drug-likeness (QED) is 0.759. The fourth-order valence-corrected chi connectivity index (χ4v) is 3.66. The largest absolute Gasteiger partial charge is 0.506 e. The Morgan fingerprint density at radius 1 is 1.00 bits per heavy atom. The molecule has 1 aromatic heterocycles. The van der Waals surface area contributed by atoms with E-state index in [-0.39, 0.29) is 11.7 Å². The Kier molecular flexibility index (Phi) is 4.44. The predicted octanol–water partition coefficient (Wildman–Crippen LogP) is 3.52. The van der Waals surface area contributed by atoms with E-state index in [9.17, 15) is 9.90 Å². The van der Waals surface area contributed by atoms with Crippen LogP contribution in [0.3, 0.4) is 0 Å². The van der Waals surface area contributed by atoms with Crippen molar-refractivity contribution >= 4 is 22.5 Å². The van der Waals surface area contributed by atoms with E-state index in [1.54, 1.807) is 6.07 Å². The highest BCUT2D eigenvalue weighted by atomic mass is 16.3. The number of anilines is 1. The van der Waals surface area contributed by atoms with E-state index in [1.165, 1.54) is 0 Å². The van der Waals surface area contributed by atoms with Crippen LogP contribution < -0.4 is 4.90 Å². The summed E-state index contributed by atoms with van der Waals surface area (Å²) in [5.41, 5.74) is 4.33. The van der Waals surface area contributed by atoms with Gasteiger partial charge in [-0.05, 0) is 44.2 Å². The van der Waals surface area contributed by atoms with Gasteiger partial charge in [0, 0.05) is 31.6 Å².